The van der Waals surface area contributed by atoms with Crippen LogP contribution in [0.25, 0.3) is 23.0 Å². The number of piperidine rings is 1. The fourth-order valence-corrected chi connectivity index (χ4v) is 7.83. The first-order chi connectivity index (χ1) is 21.1. The Kier molecular flexibility index (Phi) is 9.63. The van der Waals surface area contributed by atoms with Gasteiger partial charge in [0.15, 0.2) is 0 Å². The average Bonchev–Trinajstić information content (AvgIpc) is 3.56. The van der Waals surface area contributed by atoms with Crippen LogP contribution in [0.4, 0.5) is 0 Å². The summed E-state index contributed by atoms with van der Waals surface area (Å²) in [5.41, 5.74) is 2.28. The van der Waals surface area contributed by atoms with Crippen LogP contribution in [0.2, 0.25) is 0 Å². The van der Waals surface area contributed by atoms with Crippen molar-refractivity contribution in [1.29, 1.82) is 0 Å². The number of carboxylic acids is 1. The second-order valence-corrected chi connectivity index (χ2v) is 13.8. The molecule has 5 rings (SSSR count). The number of aromatic nitrogens is 2. The number of para-hydroxylation sites is 1. The van der Waals surface area contributed by atoms with Gasteiger partial charge in [-0.05, 0) is 50.1 Å². The summed E-state index contributed by atoms with van der Waals surface area (Å²) in [6.07, 6.45) is 3.92. The standard InChI is InChI=1S/C30H30N4O7S3/c1-2-41-29(38)20-11-14-32(15-12-20)44(39,40)24-10-6-7-21(17-24)27-22(19-34(31-27)23-8-4-3-5-9-23)18-25-28(37)33(30(42)43-25)16-13-26(35)36/h3-10,17-20H,2,11-16H2,1H3,(H,35,36). The first-order valence-corrected chi connectivity index (χ1v) is 16.6. The number of carbonyl (C=O) groups is 3. The first kappa shape index (κ1) is 31.6. The quantitative estimate of drug-likeness (QED) is 0.192. The molecule has 0 bridgehead atoms. The Morgan fingerprint density at radius 2 is 1.86 bits per heavy atom. The highest BCUT2D eigenvalue weighted by Gasteiger charge is 2.34. The van der Waals surface area contributed by atoms with E-state index >= 15 is 0 Å². The monoisotopic (exact) mass is 654 g/mol. The Morgan fingerprint density at radius 1 is 1.14 bits per heavy atom. The summed E-state index contributed by atoms with van der Waals surface area (Å²) < 4.78 is 35.7. The van der Waals surface area contributed by atoms with E-state index in [0.717, 1.165) is 17.4 Å². The van der Waals surface area contributed by atoms with E-state index in [0.29, 0.717) is 34.6 Å². The normalized spacial score (nSPS) is 17.4. The van der Waals surface area contributed by atoms with E-state index in [9.17, 15) is 22.8 Å². The van der Waals surface area contributed by atoms with E-state index in [1.54, 1.807) is 42.1 Å². The molecule has 2 aliphatic rings. The van der Waals surface area contributed by atoms with Crippen LogP contribution < -0.4 is 0 Å². The molecule has 2 saturated heterocycles. The van der Waals surface area contributed by atoms with Gasteiger partial charge in [-0.15, -0.1) is 0 Å². The average molecular weight is 655 g/mol. The van der Waals surface area contributed by atoms with Crippen LogP contribution in [0.3, 0.4) is 0 Å². The van der Waals surface area contributed by atoms with Gasteiger partial charge in [-0.2, -0.15) is 9.40 Å². The Morgan fingerprint density at radius 3 is 2.55 bits per heavy atom. The smallest absolute Gasteiger partial charge is 0.309 e. The largest absolute Gasteiger partial charge is 0.481 e. The van der Waals surface area contributed by atoms with Gasteiger partial charge in [0.2, 0.25) is 10.0 Å². The lowest BCUT2D eigenvalue weighted by Gasteiger charge is -2.30. The molecule has 14 heteroatoms. The summed E-state index contributed by atoms with van der Waals surface area (Å²) in [5, 5.41) is 13.8. The molecule has 11 nitrogen and oxygen atoms in total. The molecule has 3 aromatic rings. The molecule has 230 valence electrons. The van der Waals surface area contributed by atoms with Crippen molar-refractivity contribution in [2.75, 3.05) is 26.2 Å². The summed E-state index contributed by atoms with van der Waals surface area (Å²) >= 11 is 6.41. The minimum absolute atomic E-state index is 0.0373. The van der Waals surface area contributed by atoms with Crippen LogP contribution in [0.5, 0.6) is 0 Å². The molecule has 0 atom stereocenters. The van der Waals surface area contributed by atoms with E-state index in [4.69, 9.17) is 27.2 Å². The van der Waals surface area contributed by atoms with Crippen LogP contribution in [-0.4, -0.2) is 80.9 Å². The van der Waals surface area contributed by atoms with Crippen LogP contribution >= 0.6 is 24.0 Å². The summed E-state index contributed by atoms with van der Waals surface area (Å²) in [4.78, 5) is 38.0. The van der Waals surface area contributed by atoms with Gasteiger partial charge in [-0.25, -0.2) is 13.1 Å². The number of esters is 1. The lowest BCUT2D eigenvalue weighted by Crippen LogP contribution is -2.40. The number of hydrogen-bond acceptors (Lipinski definition) is 9. The molecular weight excluding hydrogens is 625 g/mol. The van der Waals surface area contributed by atoms with Gasteiger partial charge in [-0.1, -0.05) is 54.3 Å². The number of amides is 1. The lowest BCUT2D eigenvalue weighted by molar-refractivity contribution is -0.149. The summed E-state index contributed by atoms with van der Waals surface area (Å²) in [7, 11) is -3.87. The van der Waals surface area contributed by atoms with Gasteiger partial charge < -0.3 is 9.84 Å². The minimum atomic E-state index is -3.87. The molecule has 1 amide bonds. The molecule has 1 aromatic heterocycles. The van der Waals surface area contributed by atoms with E-state index in [-0.39, 0.29) is 53.8 Å². The summed E-state index contributed by atoms with van der Waals surface area (Å²) in [6.45, 7) is 2.39. The second kappa shape index (κ2) is 13.4. The highest BCUT2D eigenvalue weighted by molar-refractivity contribution is 8.26. The van der Waals surface area contributed by atoms with Crippen LogP contribution in [-0.2, 0) is 29.1 Å². The molecule has 44 heavy (non-hydrogen) atoms. The maximum absolute atomic E-state index is 13.7. The number of aliphatic carboxylic acids is 1. The van der Waals surface area contributed by atoms with Crippen molar-refractivity contribution in [3.63, 3.8) is 0 Å². The van der Waals surface area contributed by atoms with Crippen molar-refractivity contribution in [2.45, 2.75) is 31.1 Å². The number of benzene rings is 2. The summed E-state index contributed by atoms with van der Waals surface area (Å²) in [5.74, 6) is -2.06. The number of rotatable bonds is 10. The number of ether oxygens (including phenoxy) is 1. The maximum Gasteiger partial charge on any atom is 0.309 e. The van der Waals surface area contributed by atoms with Gasteiger partial charge in [0, 0.05) is 37.0 Å². The number of hydrogen-bond donors (Lipinski definition) is 1. The third-order valence-corrected chi connectivity index (χ3v) is 10.6. The van der Waals surface area contributed by atoms with Crippen LogP contribution in [0.1, 0.15) is 31.7 Å². The van der Waals surface area contributed by atoms with Gasteiger partial charge >= 0.3 is 11.9 Å². The number of nitrogens with zero attached hydrogens (tertiary/aromatic N) is 4. The van der Waals surface area contributed by atoms with Gasteiger partial charge in [-0.3, -0.25) is 19.3 Å². The molecular formula is C30H30N4O7S3. The third-order valence-electron chi connectivity index (χ3n) is 7.29. The Labute approximate surface area is 264 Å². The van der Waals surface area contributed by atoms with Crippen LogP contribution in [0.15, 0.2) is 70.6 Å². The molecule has 2 aliphatic heterocycles. The molecule has 0 saturated carbocycles. The van der Waals surface area contributed by atoms with E-state index in [1.165, 1.54) is 15.3 Å². The fraction of sp³-hybridized carbons (Fsp3) is 0.300. The van der Waals surface area contributed by atoms with Crippen LogP contribution in [0, 0.1) is 5.92 Å². The highest BCUT2D eigenvalue weighted by Crippen LogP contribution is 2.36. The number of sulfonamides is 1. The van der Waals surface area contributed by atoms with Crippen molar-refractivity contribution in [3.05, 3.63) is 71.3 Å². The number of carboxylic acid groups (broad SMARTS) is 1. The molecule has 2 aromatic carbocycles. The zero-order valence-corrected chi connectivity index (χ0v) is 26.2. The molecule has 0 spiro atoms. The number of thiocarbonyl (C=S) groups is 1. The number of carbonyl (C=O) groups excluding carboxylic acids is 2. The summed E-state index contributed by atoms with van der Waals surface area (Å²) in [6, 6.07) is 15.8. The number of thioether (sulfide) groups is 1. The van der Waals surface area contributed by atoms with Crippen molar-refractivity contribution < 1.29 is 32.6 Å². The molecule has 3 heterocycles. The van der Waals surface area contributed by atoms with Crippen molar-refractivity contribution >= 4 is 62.2 Å². The zero-order valence-electron chi connectivity index (χ0n) is 23.8. The van der Waals surface area contributed by atoms with E-state index in [1.807, 2.05) is 30.3 Å². The Bertz CT molecular complexity index is 1730. The Hall–Kier alpha value is -3.85. The lowest BCUT2D eigenvalue weighted by atomic mass is 9.98. The highest BCUT2D eigenvalue weighted by atomic mass is 32.2. The molecule has 1 N–H and O–H groups in total. The second-order valence-electron chi connectivity index (χ2n) is 10.1. The van der Waals surface area contributed by atoms with E-state index in [2.05, 4.69) is 0 Å². The zero-order chi connectivity index (χ0) is 31.4. The third kappa shape index (κ3) is 6.78. The SMILES string of the molecule is CCOC(=O)C1CCN(S(=O)(=O)c2cccc(-c3nn(-c4ccccc4)cc3C=C3SC(=S)N(CCC(=O)O)C3=O)c2)CC1. The van der Waals surface area contributed by atoms with E-state index < -0.39 is 21.9 Å². The topological polar surface area (TPSA) is 139 Å². The molecule has 2 fully saturated rings. The first-order valence-electron chi connectivity index (χ1n) is 14.0. The predicted molar refractivity (Wildman–Crippen MR) is 169 cm³/mol. The maximum atomic E-state index is 13.7. The Balaban J connectivity index is 1.47. The molecule has 0 aliphatic carbocycles. The van der Waals surface area contributed by atoms with Crippen molar-refractivity contribution in [3.8, 4) is 16.9 Å². The van der Waals surface area contributed by atoms with Crippen molar-refractivity contribution in [2.24, 2.45) is 5.92 Å². The molecule has 0 unspecified atom stereocenters. The van der Waals surface area contributed by atoms with Gasteiger partial charge in [0.05, 0.1) is 34.4 Å². The van der Waals surface area contributed by atoms with Crippen molar-refractivity contribution in [1.82, 2.24) is 19.0 Å². The fourth-order valence-electron chi connectivity index (χ4n) is 5.02. The van der Waals surface area contributed by atoms with Gasteiger partial charge in [0.1, 0.15) is 10.0 Å². The van der Waals surface area contributed by atoms with Gasteiger partial charge in [0.25, 0.3) is 5.91 Å². The molecule has 0 radical (unpaired) electrons. The minimum Gasteiger partial charge on any atom is -0.481 e. The predicted octanol–water partition coefficient (Wildman–Crippen LogP) is 4.18.